The minimum absolute atomic E-state index is 0.110. The number of carbonyl (C=O) groups is 1. The number of hydrogen-bond acceptors (Lipinski definition) is 2. The fraction of sp³-hybridized carbons (Fsp3) is 0.278. The summed E-state index contributed by atoms with van der Waals surface area (Å²) in [5, 5.41) is 2.89. The van der Waals surface area contributed by atoms with Crippen molar-refractivity contribution in [3.63, 3.8) is 0 Å². The molecule has 0 saturated carbocycles. The second-order valence-electron chi connectivity index (χ2n) is 5.18. The van der Waals surface area contributed by atoms with E-state index in [1.165, 1.54) is 0 Å². The van der Waals surface area contributed by atoms with Crippen LogP contribution >= 0.6 is 0 Å². The third-order valence-electron chi connectivity index (χ3n) is 3.38. The fourth-order valence-electron chi connectivity index (χ4n) is 2.14. The van der Waals surface area contributed by atoms with Crippen LogP contribution in [0.25, 0.3) is 0 Å². The Hall–Kier alpha value is -2.29. The van der Waals surface area contributed by atoms with Crippen LogP contribution in [0.1, 0.15) is 23.6 Å². The molecule has 2 aromatic carbocycles. The summed E-state index contributed by atoms with van der Waals surface area (Å²) in [6.07, 6.45) is -0.520. The van der Waals surface area contributed by atoms with E-state index >= 15 is 0 Å². The average Bonchev–Trinajstić information content (AvgIpc) is 2.49. The van der Waals surface area contributed by atoms with Crippen LogP contribution in [0.2, 0.25) is 0 Å². The smallest absolute Gasteiger partial charge is 0.261 e. The van der Waals surface area contributed by atoms with Gasteiger partial charge in [0.25, 0.3) is 5.91 Å². The molecule has 0 bridgehead atoms. The van der Waals surface area contributed by atoms with Gasteiger partial charge in [0, 0.05) is 6.54 Å². The van der Waals surface area contributed by atoms with E-state index in [1.807, 2.05) is 62.4 Å². The number of aryl methyl sites for hydroxylation is 2. The first kappa shape index (κ1) is 15.1. The molecular formula is C18H21NO2. The number of hydrogen-bond donors (Lipinski definition) is 1. The van der Waals surface area contributed by atoms with Crippen LogP contribution in [-0.4, -0.2) is 12.0 Å². The third kappa shape index (κ3) is 4.09. The predicted octanol–water partition coefficient (Wildman–Crippen LogP) is 3.39. The lowest BCUT2D eigenvalue weighted by Crippen LogP contribution is -2.36. The highest BCUT2D eigenvalue weighted by Gasteiger charge is 2.16. The van der Waals surface area contributed by atoms with Gasteiger partial charge in [-0.2, -0.15) is 0 Å². The summed E-state index contributed by atoms with van der Waals surface area (Å²) in [5.41, 5.74) is 3.15. The monoisotopic (exact) mass is 283 g/mol. The summed E-state index contributed by atoms with van der Waals surface area (Å²) in [6.45, 7) is 6.25. The summed E-state index contributed by atoms with van der Waals surface area (Å²) in [4.78, 5) is 12.1. The van der Waals surface area contributed by atoms with Gasteiger partial charge in [-0.15, -0.1) is 0 Å². The molecule has 1 amide bonds. The van der Waals surface area contributed by atoms with Crippen LogP contribution in [0, 0.1) is 13.8 Å². The first-order valence-electron chi connectivity index (χ1n) is 7.12. The summed E-state index contributed by atoms with van der Waals surface area (Å²) in [7, 11) is 0. The minimum Gasteiger partial charge on any atom is -0.480 e. The Balaban J connectivity index is 1.94. The molecule has 2 rings (SSSR count). The third-order valence-corrected chi connectivity index (χ3v) is 3.38. The molecule has 0 aliphatic carbocycles. The van der Waals surface area contributed by atoms with Crippen LogP contribution < -0.4 is 10.1 Å². The van der Waals surface area contributed by atoms with Gasteiger partial charge >= 0.3 is 0 Å². The van der Waals surface area contributed by atoms with E-state index in [9.17, 15) is 4.79 Å². The molecule has 1 atom stereocenters. The molecule has 0 unspecified atom stereocenters. The quantitative estimate of drug-likeness (QED) is 0.913. The van der Waals surface area contributed by atoms with Gasteiger partial charge in [-0.3, -0.25) is 4.79 Å². The Bertz CT molecular complexity index is 588. The second kappa shape index (κ2) is 6.93. The van der Waals surface area contributed by atoms with Gasteiger partial charge in [0.2, 0.25) is 0 Å². The van der Waals surface area contributed by atoms with Crippen LogP contribution in [0.15, 0.2) is 48.5 Å². The zero-order valence-corrected chi connectivity index (χ0v) is 12.7. The number of amides is 1. The summed E-state index contributed by atoms with van der Waals surface area (Å²) in [5.74, 6) is 0.682. The van der Waals surface area contributed by atoms with Crippen LogP contribution in [0.4, 0.5) is 0 Å². The maximum Gasteiger partial charge on any atom is 0.261 e. The number of ether oxygens (including phenoxy) is 1. The summed E-state index contributed by atoms with van der Waals surface area (Å²) < 4.78 is 5.81. The van der Waals surface area contributed by atoms with Crippen molar-refractivity contribution in [1.29, 1.82) is 0 Å². The van der Waals surface area contributed by atoms with Crippen molar-refractivity contribution in [3.8, 4) is 5.75 Å². The van der Waals surface area contributed by atoms with Crippen molar-refractivity contribution >= 4 is 5.91 Å². The van der Waals surface area contributed by atoms with Crippen molar-refractivity contribution in [2.45, 2.75) is 33.4 Å². The molecule has 21 heavy (non-hydrogen) atoms. The Morgan fingerprint density at radius 3 is 2.29 bits per heavy atom. The van der Waals surface area contributed by atoms with E-state index in [2.05, 4.69) is 5.32 Å². The number of rotatable bonds is 5. The van der Waals surface area contributed by atoms with E-state index in [0.717, 1.165) is 22.4 Å². The Kier molecular flexibility index (Phi) is 4.99. The molecule has 0 spiro atoms. The first-order chi connectivity index (χ1) is 10.1. The van der Waals surface area contributed by atoms with Crippen LogP contribution in [0.5, 0.6) is 5.75 Å². The van der Waals surface area contributed by atoms with Gasteiger partial charge in [-0.25, -0.2) is 0 Å². The molecule has 3 nitrogen and oxygen atoms in total. The van der Waals surface area contributed by atoms with Gasteiger partial charge < -0.3 is 10.1 Å². The normalized spacial score (nSPS) is 11.8. The van der Waals surface area contributed by atoms with Gasteiger partial charge in [-0.05, 0) is 37.5 Å². The van der Waals surface area contributed by atoms with Crippen molar-refractivity contribution in [2.75, 3.05) is 0 Å². The van der Waals surface area contributed by atoms with Crippen LogP contribution in [0.3, 0.4) is 0 Å². The van der Waals surface area contributed by atoms with E-state index in [0.29, 0.717) is 6.54 Å². The predicted molar refractivity (Wildman–Crippen MR) is 84.3 cm³/mol. The van der Waals surface area contributed by atoms with Gasteiger partial charge in [-0.1, -0.05) is 48.5 Å². The average molecular weight is 283 g/mol. The molecule has 0 aliphatic rings. The lowest BCUT2D eigenvalue weighted by molar-refractivity contribution is -0.127. The highest BCUT2D eigenvalue weighted by Crippen LogP contribution is 2.23. The SMILES string of the molecule is Cc1cccc(C)c1O[C@H](C)C(=O)NCc1ccccc1. The Labute approximate surface area is 126 Å². The molecular weight excluding hydrogens is 262 g/mol. The number of para-hydroxylation sites is 1. The minimum atomic E-state index is -0.520. The number of nitrogens with one attached hydrogen (secondary N) is 1. The lowest BCUT2D eigenvalue weighted by Gasteiger charge is -2.18. The van der Waals surface area contributed by atoms with E-state index in [4.69, 9.17) is 4.74 Å². The van der Waals surface area contributed by atoms with Crippen molar-refractivity contribution < 1.29 is 9.53 Å². The zero-order valence-electron chi connectivity index (χ0n) is 12.7. The molecule has 3 heteroatoms. The molecule has 0 aromatic heterocycles. The highest BCUT2D eigenvalue weighted by molar-refractivity contribution is 5.80. The lowest BCUT2D eigenvalue weighted by atomic mass is 10.1. The van der Waals surface area contributed by atoms with E-state index in [-0.39, 0.29) is 5.91 Å². The molecule has 2 aromatic rings. The van der Waals surface area contributed by atoms with Crippen molar-refractivity contribution in [1.82, 2.24) is 5.32 Å². The van der Waals surface area contributed by atoms with E-state index < -0.39 is 6.10 Å². The molecule has 110 valence electrons. The summed E-state index contributed by atoms with van der Waals surface area (Å²) in [6, 6.07) is 15.8. The Morgan fingerprint density at radius 1 is 1.05 bits per heavy atom. The standard InChI is InChI=1S/C18H21NO2/c1-13-8-7-9-14(2)17(13)21-15(3)18(20)19-12-16-10-5-4-6-11-16/h4-11,15H,12H2,1-3H3,(H,19,20)/t15-/m1/s1. The van der Waals surface area contributed by atoms with Crippen molar-refractivity contribution in [2.24, 2.45) is 0 Å². The second-order valence-corrected chi connectivity index (χ2v) is 5.18. The maximum atomic E-state index is 12.1. The molecule has 0 radical (unpaired) electrons. The number of carbonyl (C=O) groups excluding carboxylic acids is 1. The van der Waals surface area contributed by atoms with Gasteiger partial charge in [0.05, 0.1) is 0 Å². The van der Waals surface area contributed by atoms with Gasteiger partial charge in [0.15, 0.2) is 6.10 Å². The molecule has 1 N–H and O–H groups in total. The number of benzene rings is 2. The fourth-order valence-corrected chi connectivity index (χ4v) is 2.14. The molecule has 0 saturated heterocycles. The zero-order chi connectivity index (χ0) is 15.2. The Morgan fingerprint density at radius 2 is 1.67 bits per heavy atom. The molecule has 0 aliphatic heterocycles. The van der Waals surface area contributed by atoms with E-state index in [1.54, 1.807) is 6.92 Å². The summed E-state index contributed by atoms with van der Waals surface area (Å²) >= 11 is 0. The molecule has 0 fully saturated rings. The molecule has 0 heterocycles. The maximum absolute atomic E-state index is 12.1. The van der Waals surface area contributed by atoms with Gasteiger partial charge in [0.1, 0.15) is 5.75 Å². The largest absolute Gasteiger partial charge is 0.480 e. The van der Waals surface area contributed by atoms with Crippen LogP contribution in [-0.2, 0) is 11.3 Å². The highest BCUT2D eigenvalue weighted by atomic mass is 16.5. The first-order valence-corrected chi connectivity index (χ1v) is 7.12. The topological polar surface area (TPSA) is 38.3 Å². The van der Waals surface area contributed by atoms with Crippen molar-refractivity contribution in [3.05, 3.63) is 65.2 Å².